The Morgan fingerprint density at radius 2 is 2.12 bits per heavy atom. The molecule has 0 bridgehead atoms. The van der Waals surface area contributed by atoms with Crippen LogP contribution >= 0.6 is 35.3 Å². The predicted octanol–water partition coefficient (Wildman–Crippen LogP) is 4.96. The van der Waals surface area contributed by atoms with Gasteiger partial charge in [0, 0.05) is 16.9 Å². The molecule has 4 nitrogen and oxygen atoms in total. The lowest BCUT2D eigenvalue weighted by atomic mass is 10.1. The standard InChI is InChI=1S/C17H13FN2O2S3/c18-13-6-11-8-21-10-22-15(11)12(7-13)9-24-16-19-20(17(23)25-16)14-4-2-1-3-5-14/h1-7H,8-10H2. The van der Waals surface area contributed by atoms with Crippen LogP contribution in [0.1, 0.15) is 11.1 Å². The van der Waals surface area contributed by atoms with E-state index in [4.69, 9.17) is 21.7 Å². The van der Waals surface area contributed by atoms with E-state index in [9.17, 15) is 4.39 Å². The third-order valence-electron chi connectivity index (χ3n) is 3.63. The van der Waals surface area contributed by atoms with Gasteiger partial charge in [0.15, 0.2) is 15.1 Å². The molecular weight excluding hydrogens is 379 g/mol. The highest BCUT2D eigenvalue weighted by atomic mass is 32.2. The second kappa shape index (κ2) is 7.25. The highest BCUT2D eigenvalue weighted by molar-refractivity contribution is 8.00. The zero-order chi connectivity index (χ0) is 17.2. The van der Waals surface area contributed by atoms with Crippen molar-refractivity contribution in [1.29, 1.82) is 0 Å². The van der Waals surface area contributed by atoms with Crippen LogP contribution in [0.4, 0.5) is 4.39 Å². The van der Waals surface area contributed by atoms with E-state index in [0.29, 0.717) is 22.1 Å². The van der Waals surface area contributed by atoms with E-state index in [-0.39, 0.29) is 12.6 Å². The third-order valence-corrected chi connectivity index (χ3v) is 6.05. The van der Waals surface area contributed by atoms with Gasteiger partial charge in [0.2, 0.25) is 0 Å². The summed E-state index contributed by atoms with van der Waals surface area (Å²) in [6.07, 6.45) is 0. The lowest BCUT2D eigenvalue weighted by molar-refractivity contribution is -0.0171. The van der Waals surface area contributed by atoms with Gasteiger partial charge in [-0.25, -0.2) is 9.07 Å². The monoisotopic (exact) mass is 392 g/mol. The fourth-order valence-corrected chi connectivity index (χ4v) is 4.88. The van der Waals surface area contributed by atoms with Crippen molar-refractivity contribution < 1.29 is 13.9 Å². The first-order valence-corrected chi connectivity index (χ1v) is 9.72. The number of rotatable bonds is 4. The van der Waals surface area contributed by atoms with Gasteiger partial charge in [0.05, 0.1) is 12.3 Å². The second-order valence-electron chi connectivity index (χ2n) is 5.33. The molecule has 25 heavy (non-hydrogen) atoms. The Balaban J connectivity index is 1.57. The summed E-state index contributed by atoms with van der Waals surface area (Å²) in [5.74, 6) is 0.981. The SMILES string of the molecule is Fc1cc2c(c(CSc3nn(-c4ccccc4)c(=S)s3)c1)OCOC2. The van der Waals surface area contributed by atoms with Gasteiger partial charge in [0.25, 0.3) is 0 Å². The maximum atomic E-state index is 13.8. The summed E-state index contributed by atoms with van der Waals surface area (Å²) in [6, 6.07) is 12.7. The minimum absolute atomic E-state index is 0.192. The average molecular weight is 393 g/mol. The number of fused-ring (bicyclic) bond motifs is 1. The lowest BCUT2D eigenvalue weighted by Gasteiger charge is -2.20. The van der Waals surface area contributed by atoms with E-state index >= 15 is 0 Å². The fourth-order valence-electron chi connectivity index (χ4n) is 2.55. The minimum atomic E-state index is -0.286. The Labute approximate surface area is 157 Å². The molecule has 0 spiro atoms. The number of ether oxygens (including phenoxy) is 2. The van der Waals surface area contributed by atoms with Crippen molar-refractivity contribution >= 4 is 35.3 Å². The van der Waals surface area contributed by atoms with Crippen LogP contribution in [0, 0.1) is 9.77 Å². The Kier molecular flexibility index (Phi) is 4.85. The molecule has 0 unspecified atom stereocenters. The molecule has 0 fully saturated rings. The molecule has 1 aromatic heterocycles. The quantitative estimate of drug-likeness (QED) is 0.463. The van der Waals surface area contributed by atoms with Gasteiger partial charge in [0.1, 0.15) is 11.6 Å². The molecule has 8 heteroatoms. The number of benzene rings is 2. The van der Waals surface area contributed by atoms with Gasteiger partial charge in [-0.3, -0.25) is 0 Å². The summed E-state index contributed by atoms with van der Waals surface area (Å²) >= 11 is 8.37. The fraction of sp³-hybridized carbons (Fsp3) is 0.176. The zero-order valence-corrected chi connectivity index (χ0v) is 15.4. The predicted molar refractivity (Wildman–Crippen MR) is 98.5 cm³/mol. The van der Waals surface area contributed by atoms with Crippen LogP contribution in [-0.4, -0.2) is 16.6 Å². The van der Waals surface area contributed by atoms with Crippen molar-refractivity contribution in [3.05, 3.63) is 63.4 Å². The van der Waals surface area contributed by atoms with Crippen LogP contribution in [0.15, 0.2) is 46.8 Å². The average Bonchev–Trinajstić information content (AvgIpc) is 3.01. The molecule has 128 valence electrons. The van der Waals surface area contributed by atoms with Crippen molar-refractivity contribution in [3.63, 3.8) is 0 Å². The molecule has 2 aromatic carbocycles. The molecular formula is C17H13FN2O2S3. The molecule has 0 saturated heterocycles. The Morgan fingerprint density at radius 3 is 2.96 bits per heavy atom. The van der Waals surface area contributed by atoms with Gasteiger partial charge in [-0.05, 0) is 36.5 Å². The van der Waals surface area contributed by atoms with Gasteiger partial charge in [-0.1, -0.05) is 41.3 Å². The van der Waals surface area contributed by atoms with E-state index in [2.05, 4.69) is 5.10 Å². The summed E-state index contributed by atoms with van der Waals surface area (Å²) < 4.78 is 27.8. The summed E-state index contributed by atoms with van der Waals surface area (Å²) in [5.41, 5.74) is 2.47. The first-order valence-electron chi connectivity index (χ1n) is 7.51. The van der Waals surface area contributed by atoms with Gasteiger partial charge in [-0.15, -0.1) is 5.10 Å². The van der Waals surface area contributed by atoms with Crippen molar-refractivity contribution in [2.75, 3.05) is 6.79 Å². The van der Waals surface area contributed by atoms with Gasteiger partial charge < -0.3 is 9.47 Å². The third kappa shape index (κ3) is 3.62. The largest absolute Gasteiger partial charge is 0.467 e. The summed E-state index contributed by atoms with van der Waals surface area (Å²) in [7, 11) is 0. The number of halogens is 1. The van der Waals surface area contributed by atoms with Gasteiger partial charge >= 0.3 is 0 Å². The number of para-hydroxylation sites is 1. The number of hydrogen-bond acceptors (Lipinski definition) is 6. The van der Waals surface area contributed by atoms with E-state index in [1.54, 1.807) is 4.68 Å². The van der Waals surface area contributed by atoms with Crippen LogP contribution in [0.3, 0.4) is 0 Å². The van der Waals surface area contributed by atoms with Crippen molar-refractivity contribution in [2.24, 2.45) is 0 Å². The molecule has 0 atom stereocenters. The van der Waals surface area contributed by atoms with Crippen molar-refractivity contribution in [1.82, 2.24) is 9.78 Å². The molecule has 3 aromatic rings. The lowest BCUT2D eigenvalue weighted by Crippen LogP contribution is -2.13. The molecule has 4 rings (SSSR count). The highest BCUT2D eigenvalue weighted by Gasteiger charge is 2.17. The number of hydrogen-bond donors (Lipinski definition) is 0. The molecule has 1 aliphatic heterocycles. The van der Waals surface area contributed by atoms with E-state index in [0.717, 1.165) is 21.2 Å². The molecule has 0 N–H and O–H groups in total. The topological polar surface area (TPSA) is 36.3 Å². The highest BCUT2D eigenvalue weighted by Crippen LogP contribution is 2.35. The maximum Gasteiger partial charge on any atom is 0.189 e. The molecule has 0 radical (unpaired) electrons. The van der Waals surface area contributed by atoms with Crippen LogP contribution in [0.25, 0.3) is 5.69 Å². The first kappa shape index (κ1) is 16.7. The Morgan fingerprint density at radius 1 is 1.28 bits per heavy atom. The Bertz CT molecular complexity index is 956. The van der Waals surface area contributed by atoms with Crippen molar-refractivity contribution in [3.8, 4) is 11.4 Å². The molecule has 0 saturated carbocycles. The summed E-state index contributed by atoms with van der Waals surface area (Å²) in [6.45, 7) is 0.560. The number of nitrogens with zero attached hydrogens (tertiary/aromatic N) is 2. The number of aromatic nitrogens is 2. The molecule has 0 aliphatic carbocycles. The van der Waals surface area contributed by atoms with Gasteiger partial charge in [-0.2, -0.15) is 0 Å². The van der Waals surface area contributed by atoms with E-state index < -0.39 is 0 Å². The summed E-state index contributed by atoms with van der Waals surface area (Å²) in [5, 5.41) is 4.56. The number of thioether (sulfide) groups is 1. The molecule has 0 amide bonds. The normalized spacial score (nSPS) is 13.3. The zero-order valence-electron chi connectivity index (χ0n) is 13.0. The molecule has 2 heterocycles. The van der Waals surface area contributed by atoms with Crippen LogP contribution in [0.5, 0.6) is 5.75 Å². The van der Waals surface area contributed by atoms with E-state index in [1.165, 1.54) is 35.2 Å². The van der Waals surface area contributed by atoms with E-state index in [1.807, 2.05) is 30.3 Å². The second-order valence-corrected chi connectivity index (χ2v) is 8.18. The maximum absolute atomic E-state index is 13.8. The van der Waals surface area contributed by atoms with Crippen LogP contribution < -0.4 is 4.74 Å². The van der Waals surface area contributed by atoms with Crippen molar-refractivity contribution in [2.45, 2.75) is 16.7 Å². The minimum Gasteiger partial charge on any atom is -0.467 e. The smallest absolute Gasteiger partial charge is 0.189 e. The van der Waals surface area contributed by atoms with Crippen LogP contribution in [-0.2, 0) is 17.1 Å². The Hall–Kier alpha value is -1.74. The van der Waals surface area contributed by atoms with Crippen LogP contribution in [0.2, 0.25) is 0 Å². The summed E-state index contributed by atoms with van der Waals surface area (Å²) in [4.78, 5) is 0. The first-order chi connectivity index (χ1) is 12.2. The molecule has 1 aliphatic rings.